The van der Waals surface area contributed by atoms with Gasteiger partial charge in [0, 0.05) is 13.0 Å². The van der Waals surface area contributed by atoms with Gasteiger partial charge in [0.2, 0.25) is 5.91 Å². The van der Waals surface area contributed by atoms with Gasteiger partial charge in [-0.25, -0.2) is 0 Å². The first-order valence-corrected chi connectivity index (χ1v) is 5.75. The van der Waals surface area contributed by atoms with Crippen molar-refractivity contribution in [1.82, 2.24) is 5.32 Å². The van der Waals surface area contributed by atoms with Crippen LogP contribution >= 0.6 is 0 Å². The van der Waals surface area contributed by atoms with E-state index in [4.69, 9.17) is 0 Å². The van der Waals surface area contributed by atoms with Gasteiger partial charge in [-0.05, 0) is 24.7 Å². The molecule has 0 aliphatic heterocycles. The lowest BCUT2D eigenvalue weighted by Gasteiger charge is -2.11. The average molecular weight is 276 g/mol. The average Bonchev–Trinajstić information content (AvgIpc) is 2.31. The SMILES string of the molecule is CCNCCC(=O)Nc1cc(C(F)(F)F)ccc1O. The number of amides is 1. The number of carbonyl (C=O) groups excluding carboxylic acids is 1. The maximum absolute atomic E-state index is 12.5. The summed E-state index contributed by atoms with van der Waals surface area (Å²) in [6.45, 7) is 2.99. The van der Waals surface area contributed by atoms with Gasteiger partial charge in [0.1, 0.15) is 5.75 Å². The summed E-state index contributed by atoms with van der Waals surface area (Å²) >= 11 is 0. The van der Waals surface area contributed by atoms with Crippen LogP contribution in [0, 0.1) is 0 Å². The lowest BCUT2D eigenvalue weighted by molar-refractivity contribution is -0.137. The molecule has 1 amide bonds. The molecular formula is C12H15F3N2O2. The lowest BCUT2D eigenvalue weighted by Crippen LogP contribution is -2.21. The van der Waals surface area contributed by atoms with Crippen LogP contribution in [0.5, 0.6) is 5.75 Å². The van der Waals surface area contributed by atoms with E-state index < -0.39 is 23.4 Å². The maximum atomic E-state index is 12.5. The van der Waals surface area contributed by atoms with E-state index in [2.05, 4.69) is 10.6 Å². The summed E-state index contributed by atoms with van der Waals surface area (Å²) in [6, 6.07) is 2.37. The number of hydrogen-bond donors (Lipinski definition) is 3. The van der Waals surface area contributed by atoms with Crippen molar-refractivity contribution >= 4 is 11.6 Å². The van der Waals surface area contributed by atoms with E-state index in [1.165, 1.54) is 0 Å². The second-order valence-electron chi connectivity index (χ2n) is 3.88. The third kappa shape index (κ3) is 4.78. The normalized spacial score (nSPS) is 11.4. The van der Waals surface area contributed by atoms with Crippen LogP contribution in [0.15, 0.2) is 18.2 Å². The van der Waals surface area contributed by atoms with Crippen LogP contribution in [0.2, 0.25) is 0 Å². The summed E-state index contributed by atoms with van der Waals surface area (Å²) in [7, 11) is 0. The highest BCUT2D eigenvalue weighted by molar-refractivity contribution is 5.92. The zero-order chi connectivity index (χ0) is 14.5. The first-order valence-electron chi connectivity index (χ1n) is 5.75. The molecule has 19 heavy (non-hydrogen) atoms. The van der Waals surface area contributed by atoms with Crippen molar-refractivity contribution in [2.75, 3.05) is 18.4 Å². The number of benzene rings is 1. The lowest BCUT2D eigenvalue weighted by atomic mass is 10.1. The summed E-state index contributed by atoms with van der Waals surface area (Å²) in [4.78, 5) is 11.5. The van der Waals surface area contributed by atoms with Gasteiger partial charge in [0.05, 0.1) is 11.3 Å². The number of phenolic OH excluding ortho intramolecular Hbond substituents is 1. The summed E-state index contributed by atoms with van der Waals surface area (Å²) in [5.74, 6) is -0.861. The molecule has 0 aliphatic carbocycles. The molecule has 0 unspecified atom stereocenters. The van der Waals surface area contributed by atoms with E-state index in [-0.39, 0.29) is 12.1 Å². The largest absolute Gasteiger partial charge is 0.506 e. The van der Waals surface area contributed by atoms with Crippen LogP contribution in [0.4, 0.5) is 18.9 Å². The molecule has 0 atom stereocenters. The fourth-order valence-corrected chi connectivity index (χ4v) is 1.40. The second kappa shape index (κ2) is 6.42. The Balaban J connectivity index is 2.74. The van der Waals surface area contributed by atoms with E-state index in [1.54, 1.807) is 0 Å². The van der Waals surface area contributed by atoms with Crippen LogP contribution in [-0.4, -0.2) is 24.1 Å². The predicted molar refractivity (Wildman–Crippen MR) is 64.9 cm³/mol. The van der Waals surface area contributed by atoms with Gasteiger partial charge in [0.15, 0.2) is 0 Å². The van der Waals surface area contributed by atoms with E-state index in [0.717, 1.165) is 12.1 Å². The predicted octanol–water partition coefficient (Wildman–Crippen LogP) is 2.35. The minimum atomic E-state index is -4.52. The number of carbonyl (C=O) groups is 1. The van der Waals surface area contributed by atoms with Crippen LogP contribution in [0.1, 0.15) is 18.9 Å². The number of nitrogens with one attached hydrogen (secondary N) is 2. The molecule has 0 aromatic heterocycles. The van der Waals surface area contributed by atoms with Crippen molar-refractivity contribution in [3.63, 3.8) is 0 Å². The van der Waals surface area contributed by atoms with Gasteiger partial charge < -0.3 is 15.7 Å². The third-order valence-corrected chi connectivity index (χ3v) is 2.38. The zero-order valence-corrected chi connectivity index (χ0v) is 10.3. The van der Waals surface area contributed by atoms with E-state index in [9.17, 15) is 23.1 Å². The first kappa shape index (κ1) is 15.3. The molecule has 7 heteroatoms. The minimum Gasteiger partial charge on any atom is -0.506 e. The standard InChI is InChI=1S/C12H15F3N2O2/c1-2-16-6-5-11(19)17-9-7-8(12(13,14)15)3-4-10(9)18/h3-4,7,16,18H,2,5-6H2,1H3,(H,17,19). The molecule has 0 radical (unpaired) electrons. The number of rotatable bonds is 5. The Labute approximate surface area is 108 Å². The first-order chi connectivity index (χ1) is 8.84. The van der Waals surface area contributed by atoms with Gasteiger partial charge in [-0.3, -0.25) is 4.79 Å². The minimum absolute atomic E-state index is 0.115. The van der Waals surface area contributed by atoms with Gasteiger partial charge in [-0.2, -0.15) is 13.2 Å². The quantitative estimate of drug-likeness (QED) is 0.571. The Bertz CT molecular complexity index is 447. The number of halogens is 3. The number of aromatic hydroxyl groups is 1. The Morgan fingerprint density at radius 2 is 2.05 bits per heavy atom. The highest BCUT2D eigenvalue weighted by Gasteiger charge is 2.31. The number of anilines is 1. The molecule has 0 saturated heterocycles. The van der Waals surface area contributed by atoms with E-state index >= 15 is 0 Å². The molecule has 0 aliphatic rings. The molecule has 0 spiro atoms. The number of alkyl halides is 3. The number of hydrogen-bond acceptors (Lipinski definition) is 3. The molecule has 4 nitrogen and oxygen atoms in total. The molecule has 1 aromatic rings. The van der Waals surface area contributed by atoms with Gasteiger partial charge >= 0.3 is 6.18 Å². The Hall–Kier alpha value is -1.76. The molecule has 1 aromatic carbocycles. The third-order valence-electron chi connectivity index (χ3n) is 2.38. The second-order valence-corrected chi connectivity index (χ2v) is 3.88. The Morgan fingerprint density at radius 1 is 1.37 bits per heavy atom. The van der Waals surface area contributed by atoms with Gasteiger partial charge in [-0.1, -0.05) is 6.92 Å². The Morgan fingerprint density at radius 3 is 2.63 bits per heavy atom. The molecule has 0 bridgehead atoms. The molecular weight excluding hydrogens is 261 g/mol. The van der Waals surface area contributed by atoms with Crippen molar-refractivity contribution in [2.24, 2.45) is 0 Å². The van der Waals surface area contributed by atoms with Crippen LogP contribution in [0.25, 0.3) is 0 Å². The van der Waals surface area contributed by atoms with Crippen LogP contribution in [0.3, 0.4) is 0 Å². The topological polar surface area (TPSA) is 61.4 Å². The number of phenols is 1. The highest BCUT2D eigenvalue weighted by atomic mass is 19.4. The van der Waals surface area contributed by atoms with Gasteiger partial charge in [0.25, 0.3) is 0 Å². The van der Waals surface area contributed by atoms with Crippen molar-refractivity contribution < 1.29 is 23.1 Å². The zero-order valence-electron chi connectivity index (χ0n) is 10.3. The highest BCUT2D eigenvalue weighted by Crippen LogP contribution is 2.34. The van der Waals surface area contributed by atoms with Crippen molar-refractivity contribution in [2.45, 2.75) is 19.5 Å². The maximum Gasteiger partial charge on any atom is 0.416 e. The molecule has 0 saturated carbocycles. The Kier molecular flexibility index (Phi) is 5.17. The fourth-order valence-electron chi connectivity index (χ4n) is 1.40. The molecule has 1 rings (SSSR count). The fraction of sp³-hybridized carbons (Fsp3) is 0.417. The summed E-state index contributed by atoms with van der Waals surface area (Å²) < 4.78 is 37.4. The summed E-state index contributed by atoms with van der Waals surface area (Å²) in [5, 5.41) is 14.6. The molecule has 106 valence electrons. The summed E-state index contributed by atoms with van der Waals surface area (Å²) in [6.07, 6.45) is -4.40. The van der Waals surface area contributed by atoms with E-state index in [1.807, 2.05) is 6.92 Å². The summed E-state index contributed by atoms with van der Waals surface area (Å²) in [5.41, 5.74) is -1.16. The monoisotopic (exact) mass is 276 g/mol. The molecule has 0 fully saturated rings. The van der Waals surface area contributed by atoms with E-state index in [0.29, 0.717) is 19.2 Å². The molecule has 3 N–H and O–H groups in total. The van der Waals surface area contributed by atoms with Crippen LogP contribution < -0.4 is 10.6 Å². The van der Waals surface area contributed by atoms with Crippen molar-refractivity contribution in [3.8, 4) is 5.75 Å². The molecule has 0 heterocycles. The van der Waals surface area contributed by atoms with Crippen molar-refractivity contribution in [3.05, 3.63) is 23.8 Å². The van der Waals surface area contributed by atoms with Crippen LogP contribution in [-0.2, 0) is 11.0 Å². The van der Waals surface area contributed by atoms with Gasteiger partial charge in [-0.15, -0.1) is 0 Å². The van der Waals surface area contributed by atoms with Crippen molar-refractivity contribution in [1.29, 1.82) is 0 Å². The smallest absolute Gasteiger partial charge is 0.416 e.